The molecule has 0 spiro atoms. The monoisotopic (exact) mass is 1110 g/mol. The van der Waals surface area contributed by atoms with Crippen LogP contribution in [0.1, 0.15) is 213 Å². The number of aliphatic hydroxyl groups excluding tert-OH is 1. The number of allylic oxidation sites excluding steroid dienone is 27. The summed E-state index contributed by atoms with van der Waals surface area (Å²) in [5.74, 6) is -0.231. The number of amides is 1. The number of rotatable bonds is 54. The molecule has 0 aromatic rings. The molecule has 3 atom stereocenters. The van der Waals surface area contributed by atoms with Crippen molar-refractivity contribution in [2.24, 2.45) is 0 Å². The predicted octanol–water partition coefficient (Wildman–Crippen LogP) is 19.0. The number of hydrogen-bond donors (Lipinski definition) is 2. The van der Waals surface area contributed by atoms with Crippen molar-refractivity contribution < 1.29 is 32.9 Å². The molecule has 8 nitrogen and oxygen atoms in total. The van der Waals surface area contributed by atoms with Crippen LogP contribution < -0.4 is 10.2 Å². The number of quaternary nitrogens is 1. The average Bonchev–Trinajstić information content (AvgIpc) is 3.42. The number of nitrogens with zero attached hydrogens (tertiary/aromatic N) is 1. The van der Waals surface area contributed by atoms with Gasteiger partial charge in [0.05, 0.1) is 39.9 Å². The van der Waals surface area contributed by atoms with E-state index in [2.05, 4.69) is 177 Å². The molecule has 0 aliphatic heterocycles. The maximum Gasteiger partial charge on any atom is 0.268 e. The van der Waals surface area contributed by atoms with Gasteiger partial charge in [-0.05, 0) is 128 Å². The average molecular weight is 1110 g/mol. The molecular formula is C70H115N2O6P. The van der Waals surface area contributed by atoms with Gasteiger partial charge in [-0.2, -0.15) is 0 Å². The van der Waals surface area contributed by atoms with E-state index in [9.17, 15) is 19.4 Å². The second-order valence-corrected chi connectivity index (χ2v) is 22.7. The van der Waals surface area contributed by atoms with Crippen LogP contribution in [0.2, 0.25) is 0 Å². The van der Waals surface area contributed by atoms with Gasteiger partial charge in [0.15, 0.2) is 0 Å². The number of hydrogen-bond acceptors (Lipinski definition) is 6. The molecule has 1 amide bonds. The topological polar surface area (TPSA) is 108 Å². The van der Waals surface area contributed by atoms with Crippen LogP contribution in [-0.4, -0.2) is 68.5 Å². The molecule has 0 aromatic carbocycles. The lowest BCUT2D eigenvalue weighted by Crippen LogP contribution is -2.45. The van der Waals surface area contributed by atoms with Crippen LogP contribution in [0.25, 0.3) is 0 Å². The van der Waals surface area contributed by atoms with Gasteiger partial charge in [-0.1, -0.05) is 248 Å². The number of unbranched alkanes of at least 4 members (excludes halogenated alkanes) is 15. The minimum absolute atomic E-state index is 0.0203. The van der Waals surface area contributed by atoms with E-state index in [-0.39, 0.29) is 12.5 Å². The van der Waals surface area contributed by atoms with Crippen LogP contribution >= 0.6 is 7.82 Å². The van der Waals surface area contributed by atoms with E-state index in [1.54, 1.807) is 6.08 Å². The minimum atomic E-state index is -4.62. The molecule has 0 radical (unpaired) electrons. The summed E-state index contributed by atoms with van der Waals surface area (Å²) in [7, 11) is 1.20. The van der Waals surface area contributed by atoms with Gasteiger partial charge >= 0.3 is 0 Å². The third-order valence-electron chi connectivity index (χ3n) is 12.6. The first kappa shape index (κ1) is 74.9. The highest BCUT2D eigenvalue weighted by Crippen LogP contribution is 2.38. The van der Waals surface area contributed by atoms with Gasteiger partial charge in [-0.15, -0.1) is 0 Å². The summed E-state index contributed by atoms with van der Waals surface area (Å²) < 4.78 is 23.3. The minimum Gasteiger partial charge on any atom is -0.756 e. The zero-order chi connectivity index (χ0) is 57.7. The summed E-state index contributed by atoms with van der Waals surface area (Å²) in [4.78, 5) is 25.5. The van der Waals surface area contributed by atoms with Crippen molar-refractivity contribution in [2.75, 3.05) is 40.9 Å². The first-order chi connectivity index (χ1) is 38.5. The van der Waals surface area contributed by atoms with E-state index in [1.807, 2.05) is 27.2 Å². The lowest BCUT2D eigenvalue weighted by atomic mass is 10.1. The fourth-order valence-electron chi connectivity index (χ4n) is 7.83. The third-order valence-corrected chi connectivity index (χ3v) is 13.6. The number of likely N-dealkylation sites (N-methyl/N-ethyl adjacent to an activating group) is 1. The van der Waals surface area contributed by atoms with Crippen molar-refractivity contribution in [2.45, 2.75) is 225 Å². The van der Waals surface area contributed by atoms with Crippen LogP contribution in [0.4, 0.5) is 0 Å². The zero-order valence-electron chi connectivity index (χ0n) is 50.7. The van der Waals surface area contributed by atoms with Crippen LogP contribution in [0.5, 0.6) is 0 Å². The molecule has 0 aliphatic rings. The Balaban J connectivity index is 4.20. The Morgan fingerprint density at radius 2 is 0.785 bits per heavy atom. The Morgan fingerprint density at radius 3 is 1.18 bits per heavy atom. The van der Waals surface area contributed by atoms with Crippen molar-refractivity contribution in [3.05, 3.63) is 170 Å². The van der Waals surface area contributed by atoms with Gasteiger partial charge < -0.3 is 28.8 Å². The van der Waals surface area contributed by atoms with Gasteiger partial charge in [-0.3, -0.25) is 9.36 Å². The highest BCUT2D eigenvalue weighted by molar-refractivity contribution is 7.45. The van der Waals surface area contributed by atoms with E-state index in [0.29, 0.717) is 17.4 Å². The van der Waals surface area contributed by atoms with Gasteiger partial charge in [0.25, 0.3) is 7.82 Å². The Hall–Kier alpha value is -4.14. The van der Waals surface area contributed by atoms with Gasteiger partial charge in [0.2, 0.25) is 5.91 Å². The number of carbonyl (C=O) groups is 1. The Labute approximate surface area is 485 Å². The summed E-state index contributed by atoms with van der Waals surface area (Å²) in [6.07, 6.45) is 93.0. The molecule has 2 N–H and O–H groups in total. The van der Waals surface area contributed by atoms with Crippen molar-refractivity contribution in [1.29, 1.82) is 0 Å². The Bertz CT molecular complexity index is 1890. The Kier molecular flexibility index (Phi) is 55.4. The largest absolute Gasteiger partial charge is 0.756 e. The van der Waals surface area contributed by atoms with Crippen molar-refractivity contribution in [1.82, 2.24) is 5.32 Å². The van der Waals surface area contributed by atoms with E-state index in [0.717, 1.165) is 135 Å². The number of aliphatic hydroxyl groups is 1. The first-order valence-corrected chi connectivity index (χ1v) is 32.5. The molecule has 0 bridgehead atoms. The lowest BCUT2D eigenvalue weighted by molar-refractivity contribution is -0.870. The van der Waals surface area contributed by atoms with Gasteiger partial charge in [0.1, 0.15) is 13.2 Å². The van der Waals surface area contributed by atoms with Crippen LogP contribution in [0.3, 0.4) is 0 Å². The number of nitrogens with one attached hydrogen (secondary N) is 1. The van der Waals surface area contributed by atoms with Crippen LogP contribution in [-0.2, 0) is 18.4 Å². The molecule has 0 aromatic heterocycles. The highest BCUT2D eigenvalue weighted by atomic mass is 31.2. The van der Waals surface area contributed by atoms with Crippen LogP contribution in [0.15, 0.2) is 170 Å². The second kappa shape index (κ2) is 58.5. The number of carbonyl (C=O) groups excluding carboxylic acids is 1. The fourth-order valence-corrected chi connectivity index (χ4v) is 8.56. The van der Waals surface area contributed by atoms with E-state index in [4.69, 9.17) is 9.05 Å². The summed E-state index contributed by atoms with van der Waals surface area (Å²) in [6.45, 7) is 4.46. The molecule has 9 heteroatoms. The second-order valence-electron chi connectivity index (χ2n) is 21.3. The number of phosphoric acid groups is 1. The smallest absolute Gasteiger partial charge is 0.268 e. The molecule has 0 saturated carbocycles. The van der Waals surface area contributed by atoms with Crippen LogP contribution in [0, 0.1) is 0 Å². The highest BCUT2D eigenvalue weighted by Gasteiger charge is 2.23. The standard InChI is InChI=1S/C70H115N2O6P/c1-6-8-10-12-14-16-18-20-22-24-25-26-27-28-29-30-31-32-33-34-35-36-37-38-39-40-41-42-43-44-45-46-47-48-50-52-54-56-58-60-62-64-70(74)71-68(67-78-79(75,76)77-66-65-72(3,4)5)69(73)63-61-59-57-55-53-51-49-23-21-19-17-15-13-11-9-7-2/h8,10,14,16,20-23,25-26,28-29,31-32,34-35,37-38,40-41,43-44,46-47,53,55,61,63,68-69,73H,6-7,9,11-13,15,17-19,24,27,30,33,36,39,42,45,48-52,54,56-60,62,64-67H2,1-5H3,(H-,71,74,75,76)/b10-8-,16-14-,22-20-,23-21+,26-25-,29-28-,32-31-,35-34-,38-37-,41-40-,44-43-,47-46-,55-53+,63-61+. The fraction of sp³-hybridized carbons (Fsp3) is 0.586. The summed E-state index contributed by atoms with van der Waals surface area (Å²) in [5.41, 5.74) is 0. The van der Waals surface area contributed by atoms with Gasteiger partial charge in [-0.25, -0.2) is 0 Å². The lowest BCUT2D eigenvalue weighted by Gasteiger charge is -2.29. The maximum absolute atomic E-state index is 13.0. The summed E-state index contributed by atoms with van der Waals surface area (Å²) in [5, 5.41) is 13.8. The SMILES string of the molecule is CC/C=C\C/C=C\C/C=C\C/C=C\C/C=C\C/C=C\C/C=C\C/C=C\C/C=C\C/C=C\C/C=C\CCCCCCCCCC(=O)NC(COP(=O)([O-])OCC[N+](C)(C)C)C(O)/C=C/CC/C=C/CC/C=C/CCCCCCCC. The normalized spacial score (nSPS) is 15.0. The quantitative estimate of drug-likeness (QED) is 0.0272. The summed E-state index contributed by atoms with van der Waals surface area (Å²) in [6, 6.07) is -0.928. The van der Waals surface area contributed by atoms with E-state index >= 15 is 0 Å². The molecule has 3 unspecified atom stereocenters. The zero-order valence-corrected chi connectivity index (χ0v) is 51.6. The maximum atomic E-state index is 13.0. The van der Waals surface area contributed by atoms with Crippen molar-refractivity contribution in [3.8, 4) is 0 Å². The molecular weight excluding hydrogens is 996 g/mol. The summed E-state index contributed by atoms with van der Waals surface area (Å²) >= 11 is 0. The predicted molar refractivity (Wildman–Crippen MR) is 343 cm³/mol. The first-order valence-electron chi connectivity index (χ1n) is 31.0. The molecule has 0 aliphatic carbocycles. The molecule has 0 heterocycles. The molecule has 0 rings (SSSR count). The molecule has 79 heavy (non-hydrogen) atoms. The molecule has 0 fully saturated rings. The Morgan fingerprint density at radius 1 is 0.456 bits per heavy atom. The van der Waals surface area contributed by atoms with E-state index in [1.165, 1.54) is 57.8 Å². The third kappa shape index (κ3) is 61.3. The molecule has 446 valence electrons. The van der Waals surface area contributed by atoms with E-state index < -0.39 is 26.6 Å². The number of phosphoric ester groups is 1. The molecule has 0 saturated heterocycles. The van der Waals surface area contributed by atoms with Crippen molar-refractivity contribution >= 4 is 13.7 Å². The van der Waals surface area contributed by atoms with Gasteiger partial charge in [0, 0.05) is 6.42 Å². The van der Waals surface area contributed by atoms with Crippen molar-refractivity contribution in [3.63, 3.8) is 0 Å².